The van der Waals surface area contributed by atoms with E-state index in [9.17, 15) is 19.2 Å². The van der Waals surface area contributed by atoms with E-state index in [2.05, 4.69) is 0 Å². The van der Waals surface area contributed by atoms with E-state index in [0.717, 1.165) is 4.90 Å². The monoisotopic (exact) mass is 256 g/mol. The Morgan fingerprint density at radius 1 is 1.28 bits per heavy atom. The number of carboxylic acid groups (broad SMARTS) is 1. The van der Waals surface area contributed by atoms with Gasteiger partial charge in [-0.3, -0.25) is 19.3 Å². The first kappa shape index (κ1) is 14.1. The van der Waals surface area contributed by atoms with E-state index in [1.165, 1.54) is 0 Å². The van der Waals surface area contributed by atoms with Gasteiger partial charge in [0.15, 0.2) is 0 Å². The van der Waals surface area contributed by atoms with E-state index < -0.39 is 41.6 Å². The molecular formula is C11H16N2O5. The highest BCUT2D eigenvalue weighted by Gasteiger charge is 2.47. The molecule has 1 rings (SSSR count). The number of nitrogens with two attached hydrogens (primary N) is 1. The van der Waals surface area contributed by atoms with Gasteiger partial charge in [-0.15, -0.1) is 0 Å². The van der Waals surface area contributed by atoms with Crippen LogP contribution in [0.5, 0.6) is 0 Å². The average Bonchev–Trinajstić information content (AvgIpc) is 2.45. The van der Waals surface area contributed by atoms with Crippen LogP contribution in [-0.2, 0) is 19.2 Å². The van der Waals surface area contributed by atoms with Crippen LogP contribution in [0.4, 0.5) is 0 Å². The molecule has 1 saturated heterocycles. The van der Waals surface area contributed by atoms with Gasteiger partial charge in [0.2, 0.25) is 17.7 Å². The molecule has 7 heteroatoms. The fourth-order valence-corrected chi connectivity index (χ4v) is 1.92. The number of imide groups is 1. The largest absolute Gasteiger partial charge is 0.480 e. The molecule has 0 aromatic carbocycles. The van der Waals surface area contributed by atoms with Crippen molar-refractivity contribution in [2.75, 3.05) is 0 Å². The number of amides is 3. The molecule has 1 fully saturated rings. The molecule has 0 bridgehead atoms. The summed E-state index contributed by atoms with van der Waals surface area (Å²) in [6, 6.07) is -1.31. The van der Waals surface area contributed by atoms with Gasteiger partial charge in [-0.05, 0) is 6.42 Å². The summed E-state index contributed by atoms with van der Waals surface area (Å²) in [5.41, 5.74) is 4.94. The molecule has 100 valence electrons. The summed E-state index contributed by atoms with van der Waals surface area (Å²) in [6.07, 6.45) is -0.335. The number of carboxylic acids is 1. The van der Waals surface area contributed by atoms with Gasteiger partial charge in [-0.2, -0.15) is 0 Å². The fourth-order valence-electron chi connectivity index (χ4n) is 1.92. The molecular weight excluding hydrogens is 240 g/mol. The maximum Gasteiger partial charge on any atom is 0.326 e. The topological polar surface area (TPSA) is 118 Å². The Morgan fingerprint density at radius 2 is 1.72 bits per heavy atom. The summed E-state index contributed by atoms with van der Waals surface area (Å²) in [4.78, 5) is 46.2. The van der Waals surface area contributed by atoms with Crippen LogP contribution in [0.3, 0.4) is 0 Å². The van der Waals surface area contributed by atoms with Crippen molar-refractivity contribution < 1.29 is 24.3 Å². The maximum atomic E-state index is 11.8. The second kappa shape index (κ2) is 5.16. The number of hydrogen-bond donors (Lipinski definition) is 2. The molecule has 7 nitrogen and oxygen atoms in total. The number of carbonyl (C=O) groups excluding carboxylic acids is 3. The van der Waals surface area contributed by atoms with Gasteiger partial charge in [0, 0.05) is 18.3 Å². The molecule has 0 aromatic rings. The Morgan fingerprint density at radius 3 is 2.06 bits per heavy atom. The molecule has 0 saturated carbocycles. The lowest BCUT2D eigenvalue weighted by molar-refractivity contribution is -0.155. The Hall–Kier alpha value is -1.92. The molecule has 3 atom stereocenters. The number of primary amides is 1. The van der Waals surface area contributed by atoms with Crippen LogP contribution in [-0.4, -0.2) is 39.7 Å². The summed E-state index contributed by atoms with van der Waals surface area (Å²) in [5.74, 6) is -4.06. The van der Waals surface area contributed by atoms with Crippen LogP contribution in [0.15, 0.2) is 0 Å². The summed E-state index contributed by atoms with van der Waals surface area (Å²) in [7, 11) is 0. The molecule has 1 aliphatic rings. The Balaban J connectivity index is 2.93. The lowest BCUT2D eigenvalue weighted by atomic mass is 10.00. The van der Waals surface area contributed by atoms with Crippen LogP contribution in [0.1, 0.15) is 26.7 Å². The molecule has 3 N–H and O–H groups in total. The van der Waals surface area contributed by atoms with Crippen LogP contribution < -0.4 is 5.73 Å². The number of carbonyl (C=O) groups is 4. The highest BCUT2D eigenvalue weighted by molar-refractivity contribution is 6.07. The third-order valence-corrected chi connectivity index (χ3v) is 3.26. The molecule has 0 aliphatic carbocycles. The summed E-state index contributed by atoms with van der Waals surface area (Å²) >= 11 is 0. The van der Waals surface area contributed by atoms with Gasteiger partial charge in [0.25, 0.3) is 0 Å². The zero-order chi connectivity index (χ0) is 14.0. The van der Waals surface area contributed by atoms with Crippen molar-refractivity contribution >= 4 is 23.7 Å². The second-order valence-corrected chi connectivity index (χ2v) is 4.48. The predicted molar refractivity (Wildman–Crippen MR) is 60.0 cm³/mol. The molecule has 0 spiro atoms. The summed E-state index contributed by atoms with van der Waals surface area (Å²) in [5, 5.41) is 9.06. The first-order chi connectivity index (χ1) is 8.27. The summed E-state index contributed by atoms with van der Waals surface area (Å²) in [6.45, 7) is 3.16. The van der Waals surface area contributed by atoms with Crippen molar-refractivity contribution in [2.24, 2.45) is 17.6 Å². The number of likely N-dealkylation sites (tertiary alicyclic amines) is 1. The van der Waals surface area contributed by atoms with Crippen molar-refractivity contribution in [2.45, 2.75) is 32.7 Å². The van der Waals surface area contributed by atoms with Crippen molar-refractivity contribution in [3.63, 3.8) is 0 Å². The smallest absolute Gasteiger partial charge is 0.326 e. The zero-order valence-electron chi connectivity index (χ0n) is 10.3. The van der Waals surface area contributed by atoms with Crippen LogP contribution >= 0.6 is 0 Å². The van der Waals surface area contributed by atoms with E-state index in [1.54, 1.807) is 13.8 Å². The van der Waals surface area contributed by atoms with E-state index in [0.29, 0.717) is 0 Å². The van der Waals surface area contributed by atoms with Crippen molar-refractivity contribution in [3.8, 4) is 0 Å². The van der Waals surface area contributed by atoms with E-state index in [-0.39, 0.29) is 12.8 Å². The first-order valence-corrected chi connectivity index (χ1v) is 5.65. The molecule has 18 heavy (non-hydrogen) atoms. The van der Waals surface area contributed by atoms with Crippen LogP contribution in [0.25, 0.3) is 0 Å². The van der Waals surface area contributed by atoms with Gasteiger partial charge in [0.05, 0.1) is 0 Å². The molecule has 3 unspecified atom stereocenters. The third kappa shape index (κ3) is 2.49. The van der Waals surface area contributed by atoms with Gasteiger partial charge in [-0.25, -0.2) is 4.79 Å². The predicted octanol–water partition coefficient (Wildman–Crippen LogP) is -0.654. The van der Waals surface area contributed by atoms with E-state index >= 15 is 0 Å². The lowest BCUT2D eigenvalue weighted by Crippen LogP contribution is -2.45. The van der Waals surface area contributed by atoms with E-state index in [4.69, 9.17) is 10.8 Å². The van der Waals surface area contributed by atoms with Gasteiger partial charge in [0.1, 0.15) is 6.04 Å². The Labute approximate surface area is 104 Å². The molecule has 1 aliphatic heterocycles. The average molecular weight is 256 g/mol. The normalized spacial score (nSPS) is 25.3. The standard InChI is InChI=1S/C11H16N2O5/c1-5-6(2)10(16)13(9(5)15)7(11(17)18)3-4-8(12)14/h5-7H,3-4H2,1-2H3,(H2,12,14)(H,17,18). The molecule has 0 aromatic heterocycles. The molecule has 1 heterocycles. The minimum atomic E-state index is -1.31. The minimum absolute atomic E-state index is 0.151. The third-order valence-electron chi connectivity index (χ3n) is 3.26. The molecule has 3 amide bonds. The number of rotatable bonds is 5. The van der Waals surface area contributed by atoms with Gasteiger partial charge >= 0.3 is 5.97 Å². The highest BCUT2D eigenvalue weighted by atomic mass is 16.4. The van der Waals surface area contributed by atoms with Crippen LogP contribution in [0, 0.1) is 11.8 Å². The van der Waals surface area contributed by atoms with Gasteiger partial charge in [-0.1, -0.05) is 13.8 Å². The van der Waals surface area contributed by atoms with Crippen molar-refractivity contribution in [1.82, 2.24) is 4.90 Å². The van der Waals surface area contributed by atoms with E-state index in [1.807, 2.05) is 0 Å². The number of hydrogen-bond acceptors (Lipinski definition) is 4. The number of nitrogens with zero attached hydrogens (tertiary/aromatic N) is 1. The van der Waals surface area contributed by atoms with Crippen molar-refractivity contribution in [1.29, 1.82) is 0 Å². The Bertz CT molecular complexity index is 386. The van der Waals surface area contributed by atoms with Crippen LogP contribution in [0.2, 0.25) is 0 Å². The Kier molecular flexibility index (Phi) is 4.05. The SMILES string of the molecule is CC1C(=O)N(C(CCC(N)=O)C(=O)O)C(=O)C1C. The zero-order valence-corrected chi connectivity index (χ0v) is 10.3. The highest BCUT2D eigenvalue weighted by Crippen LogP contribution is 2.28. The first-order valence-electron chi connectivity index (χ1n) is 5.65. The lowest BCUT2D eigenvalue weighted by Gasteiger charge is -2.22. The fraction of sp³-hybridized carbons (Fsp3) is 0.636. The summed E-state index contributed by atoms with van der Waals surface area (Å²) < 4.78 is 0. The van der Waals surface area contributed by atoms with Crippen molar-refractivity contribution in [3.05, 3.63) is 0 Å². The maximum absolute atomic E-state index is 11.8. The van der Waals surface area contributed by atoms with Gasteiger partial charge < -0.3 is 10.8 Å². The molecule has 0 radical (unpaired) electrons. The number of aliphatic carboxylic acids is 1. The second-order valence-electron chi connectivity index (χ2n) is 4.48. The minimum Gasteiger partial charge on any atom is -0.480 e. The quantitative estimate of drug-likeness (QED) is 0.633.